The van der Waals surface area contributed by atoms with Crippen molar-refractivity contribution in [3.63, 3.8) is 0 Å². The number of aromatic nitrogens is 2. The third kappa shape index (κ3) is 5.12. The Morgan fingerprint density at radius 1 is 1.06 bits per heavy atom. The smallest absolute Gasteiger partial charge is 0.213 e. The van der Waals surface area contributed by atoms with Gasteiger partial charge in [-0.25, -0.2) is 18.2 Å². The van der Waals surface area contributed by atoms with Gasteiger partial charge in [-0.2, -0.15) is 0 Å². The first-order chi connectivity index (χ1) is 15.0. The largest absolute Gasteiger partial charge is 0.481 e. The molecule has 1 fully saturated rings. The Morgan fingerprint density at radius 2 is 1.87 bits per heavy atom. The molecule has 1 aliphatic heterocycles. The van der Waals surface area contributed by atoms with Gasteiger partial charge < -0.3 is 19.5 Å². The normalized spacial score (nSPS) is 19.0. The zero-order chi connectivity index (χ0) is 21.8. The molecule has 1 aliphatic rings. The predicted molar refractivity (Wildman–Crippen MR) is 107 cm³/mol. The Kier molecular flexibility index (Phi) is 6.64. The lowest BCUT2D eigenvalue weighted by atomic mass is 10.1. The first-order valence-electron chi connectivity index (χ1n) is 9.92. The van der Waals surface area contributed by atoms with E-state index in [-0.39, 0.29) is 6.04 Å². The van der Waals surface area contributed by atoms with Crippen LogP contribution >= 0.6 is 0 Å². The van der Waals surface area contributed by atoms with Crippen LogP contribution in [0.3, 0.4) is 0 Å². The number of ether oxygens (including phenoxy) is 3. The first-order valence-corrected chi connectivity index (χ1v) is 9.92. The second-order valence-corrected chi connectivity index (χ2v) is 7.27. The molecular formula is C22H22F3N3O3. The lowest BCUT2D eigenvalue weighted by Gasteiger charge is -2.30. The van der Waals surface area contributed by atoms with Crippen molar-refractivity contribution in [3.8, 4) is 5.88 Å². The van der Waals surface area contributed by atoms with Gasteiger partial charge in [0, 0.05) is 24.6 Å². The van der Waals surface area contributed by atoms with Crippen LogP contribution in [0.25, 0.3) is 11.0 Å². The fourth-order valence-corrected chi connectivity index (χ4v) is 3.43. The predicted octanol–water partition coefficient (Wildman–Crippen LogP) is 3.52. The standard InChI is InChI=1S/C22H22F3N3O3/c1-29-20-6-5-19-22(28-20)15(18(25)10-27-19)3-7-21-30-11-14(12-31-21)26-9-13-2-4-16(23)17(24)8-13/h2,4-6,8,10,14,21,26H,3,7,9,11-12H2,1H3/t14-,21-. The highest BCUT2D eigenvalue weighted by Gasteiger charge is 2.23. The van der Waals surface area contributed by atoms with Gasteiger partial charge in [0.25, 0.3) is 0 Å². The minimum absolute atomic E-state index is 0.0891. The number of nitrogens with zero attached hydrogens (tertiary/aromatic N) is 2. The molecule has 0 radical (unpaired) electrons. The topological polar surface area (TPSA) is 65.5 Å². The van der Waals surface area contributed by atoms with E-state index in [0.29, 0.717) is 60.6 Å². The monoisotopic (exact) mass is 433 g/mol. The zero-order valence-corrected chi connectivity index (χ0v) is 16.9. The highest BCUT2D eigenvalue weighted by atomic mass is 19.2. The van der Waals surface area contributed by atoms with E-state index in [1.54, 1.807) is 12.1 Å². The molecular weight excluding hydrogens is 411 g/mol. The molecule has 1 aromatic carbocycles. The maximum absolute atomic E-state index is 14.4. The minimum Gasteiger partial charge on any atom is -0.481 e. The molecule has 0 spiro atoms. The number of rotatable bonds is 7. The van der Waals surface area contributed by atoms with Crippen molar-refractivity contribution < 1.29 is 27.4 Å². The molecule has 0 saturated carbocycles. The maximum Gasteiger partial charge on any atom is 0.213 e. The van der Waals surface area contributed by atoms with Gasteiger partial charge in [-0.3, -0.25) is 4.98 Å². The van der Waals surface area contributed by atoms with E-state index in [2.05, 4.69) is 15.3 Å². The summed E-state index contributed by atoms with van der Waals surface area (Å²) in [5.41, 5.74) is 2.11. The fourth-order valence-electron chi connectivity index (χ4n) is 3.43. The Bertz CT molecular complexity index is 1060. The molecule has 31 heavy (non-hydrogen) atoms. The number of pyridine rings is 2. The van der Waals surface area contributed by atoms with E-state index in [0.717, 1.165) is 12.1 Å². The number of benzene rings is 1. The molecule has 9 heteroatoms. The first kappa shape index (κ1) is 21.5. The molecule has 0 bridgehead atoms. The third-order valence-corrected chi connectivity index (χ3v) is 5.12. The summed E-state index contributed by atoms with van der Waals surface area (Å²) in [6, 6.07) is 7.11. The SMILES string of the molecule is COc1ccc2ncc(F)c(CC[C@H]3OC[C@H](NCc4ccc(F)c(F)c4)CO3)c2n1. The zero-order valence-electron chi connectivity index (χ0n) is 16.9. The van der Waals surface area contributed by atoms with Gasteiger partial charge in [0.2, 0.25) is 5.88 Å². The molecule has 0 atom stereocenters. The van der Waals surface area contributed by atoms with Crippen LogP contribution in [0.5, 0.6) is 5.88 Å². The number of hydrogen-bond acceptors (Lipinski definition) is 6. The van der Waals surface area contributed by atoms with Crippen LogP contribution in [0.4, 0.5) is 13.2 Å². The van der Waals surface area contributed by atoms with E-state index >= 15 is 0 Å². The van der Waals surface area contributed by atoms with E-state index < -0.39 is 23.7 Å². The summed E-state index contributed by atoms with van der Waals surface area (Å²) < 4.78 is 57.3. The number of methoxy groups -OCH3 is 1. The Balaban J connectivity index is 1.30. The van der Waals surface area contributed by atoms with E-state index in [1.807, 2.05) is 0 Å². The van der Waals surface area contributed by atoms with Gasteiger partial charge in [0.1, 0.15) is 5.82 Å². The average Bonchev–Trinajstić information content (AvgIpc) is 2.79. The van der Waals surface area contributed by atoms with E-state index in [1.165, 1.54) is 19.4 Å². The van der Waals surface area contributed by atoms with Crippen LogP contribution in [-0.4, -0.2) is 42.6 Å². The molecule has 6 nitrogen and oxygen atoms in total. The third-order valence-electron chi connectivity index (χ3n) is 5.12. The lowest BCUT2D eigenvalue weighted by Crippen LogP contribution is -2.44. The highest BCUT2D eigenvalue weighted by molar-refractivity contribution is 5.78. The van der Waals surface area contributed by atoms with Crippen LogP contribution in [0, 0.1) is 17.5 Å². The van der Waals surface area contributed by atoms with Crippen LogP contribution in [0.15, 0.2) is 36.5 Å². The van der Waals surface area contributed by atoms with Crippen molar-refractivity contribution in [1.29, 1.82) is 0 Å². The van der Waals surface area contributed by atoms with Gasteiger partial charge in [0.05, 0.1) is 43.6 Å². The number of fused-ring (bicyclic) bond motifs is 1. The summed E-state index contributed by atoms with van der Waals surface area (Å²) in [5, 5.41) is 3.19. The van der Waals surface area contributed by atoms with Crippen molar-refractivity contribution in [2.75, 3.05) is 20.3 Å². The summed E-state index contributed by atoms with van der Waals surface area (Å²) in [7, 11) is 1.50. The van der Waals surface area contributed by atoms with E-state index in [9.17, 15) is 13.2 Å². The Labute approximate surface area is 177 Å². The van der Waals surface area contributed by atoms with Crippen molar-refractivity contribution >= 4 is 11.0 Å². The molecule has 3 aromatic rings. The number of aryl methyl sites for hydroxylation is 1. The van der Waals surface area contributed by atoms with Crippen LogP contribution in [0.1, 0.15) is 17.5 Å². The number of halogens is 3. The second-order valence-electron chi connectivity index (χ2n) is 7.27. The van der Waals surface area contributed by atoms with Crippen LogP contribution in [-0.2, 0) is 22.4 Å². The van der Waals surface area contributed by atoms with Crippen molar-refractivity contribution in [1.82, 2.24) is 15.3 Å². The Morgan fingerprint density at radius 3 is 2.61 bits per heavy atom. The average molecular weight is 433 g/mol. The second kappa shape index (κ2) is 9.59. The number of nitrogens with one attached hydrogen (secondary N) is 1. The van der Waals surface area contributed by atoms with Gasteiger partial charge in [-0.15, -0.1) is 0 Å². The Hall–Kier alpha value is -2.75. The molecule has 2 aromatic heterocycles. The highest BCUT2D eigenvalue weighted by Crippen LogP contribution is 2.23. The molecule has 0 amide bonds. The van der Waals surface area contributed by atoms with Crippen molar-refractivity contribution in [2.45, 2.75) is 31.7 Å². The summed E-state index contributed by atoms with van der Waals surface area (Å²) in [5.74, 6) is -1.79. The van der Waals surface area contributed by atoms with Gasteiger partial charge in [0.15, 0.2) is 17.9 Å². The maximum atomic E-state index is 14.4. The minimum atomic E-state index is -0.876. The van der Waals surface area contributed by atoms with Crippen molar-refractivity contribution in [3.05, 3.63) is 65.1 Å². The molecule has 3 heterocycles. The summed E-state index contributed by atoms with van der Waals surface area (Å²) in [4.78, 5) is 8.40. The molecule has 4 rings (SSSR count). The fraction of sp³-hybridized carbons (Fsp3) is 0.364. The lowest BCUT2D eigenvalue weighted by molar-refractivity contribution is -0.192. The van der Waals surface area contributed by atoms with Crippen LogP contribution in [0.2, 0.25) is 0 Å². The molecule has 164 valence electrons. The summed E-state index contributed by atoms with van der Waals surface area (Å²) in [6.07, 6.45) is 1.52. The van der Waals surface area contributed by atoms with Crippen molar-refractivity contribution in [2.24, 2.45) is 0 Å². The molecule has 1 saturated heterocycles. The van der Waals surface area contributed by atoms with E-state index in [4.69, 9.17) is 14.2 Å². The molecule has 1 N–H and O–H groups in total. The quantitative estimate of drug-likeness (QED) is 0.615. The molecule has 0 aliphatic carbocycles. The van der Waals surface area contributed by atoms with Crippen LogP contribution < -0.4 is 10.1 Å². The number of hydrogen-bond donors (Lipinski definition) is 1. The summed E-state index contributed by atoms with van der Waals surface area (Å²) in [6.45, 7) is 1.14. The molecule has 0 unspecified atom stereocenters. The van der Waals surface area contributed by atoms with Gasteiger partial charge in [-0.05, 0) is 30.2 Å². The van der Waals surface area contributed by atoms with Gasteiger partial charge >= 0.3 is 0 Å². The summed E-state index contributed by atoms with van der Waals surface area (Å²) >= 11 is 0. The van der Waals surface area contributed by atoms with Gasteiger partial charge in [-0.1, -0.05) is 6.07 Å².